The lowest BCUT2D eigenvalue weighted by Gasteiger charge is -2.26. The van der Waals surface area contributed by atoms with Crippen molar-refractivity contribution in [3.63, 3.8) is 0 Å². The lowest BCUT2D eigenvalue weighted by atomic mass is 9.98. The topological polar surface area (TPSA) is 258 Å². The first kappa shape index (κ1) is 32.8. The minimum atomic E-state index is -1.42. The van der Waals surface area contributed by atoms with Gasteiger partial charge < -0.3 is 44.0 Å². The molecule has 39 heavy (non-hydrogen) atoms. The molecule has 0 spiro atoms. The van der Waals surface area contributed by atoms with E-state index >= 15 is 0 Å². The van der Waals surface area contributed by atoms with E-state index in [0.717, 1.165) is 0 Å². The number of aliphatic imine (C=N–C) groups is 1. The molecule has 5 atom stereocenters. The number of guanidine groups is 1. The molecule has 14 heteroatoms. The Morgan fingerprint density at radius 3 is 2.05 bits per heavy atom. The maximum Gasteiger partial charge on any atom is 0.326 e. The Labute approximate surface area is 227 Å². The molecule has 0 fully saturated rings. The molecule has 12 N–H and O–H groups in total. The summed E-state index contributed by atoms with van der Waals surface area (Å²) in [7, 11) is 0. The van der Waals surface area contributed by atoms with Crippen LogP contribution in [0, 0.1) is 5.92 Å². The number of nitrogens with zero attached hydrogens (tertiary/aromatic N) is 1. The molecule has 5 unspecified atom stereocenters. The number of hydrogen-bond acceptors (Lipinski definition) is 7. The van der Waals surface area contributed by atoms with E-state index in [0.29, 0.717) is 18.4 Å². The maximum absolute atomic E-state index is 13.2. The summed E-state index contributed by atoms with van der Waals surface area (Å²) in [6.45, 7) is 3.72. The van der Waals surface area contributed by atoms with Crippen LogP contribution >= 0.6 is 0 Å². The van der Waals surface area contributed by atoms with Crippen molar-refractivity contribution in [3.8, 4) is 0 Å². The minimum absolute atomic E-state index is 0.0206. The van der Waals surface area contributed by atoms with Crippen LogP contribution in [0.1, 0.15) is 45.1 Å². The first-order valence-electron chi connectivity index (χ1n) is 12.6. The summed E-state index contributed by atoms with van der Waals surface area (Å²) in [6, 6.07) is 3.89. The van der Waals surface area contributed by atoms with Gasteiger partial charge >= 0.3 is 5.97 Å². The van der Waals surface area contributed by atoms with Crippen molar-refractivity contribution in [1.29, 1.82) is 0 Å². The Kier molecular flexibility index (Phi) is 14.0. The van der Waals surface area contributed by atoms with Gasteiger partial charge in [-0.3, -0.25) is 24.2 Å². The molecule has 14 nitrogen and oxygen atoms in total. The van der Waals surface area contributed by atoms with Crippen molar-refractivity contribution in [2.75, 3.05) is 6.54 Å². The maximum atomic E-state index is 13.2. The summed E-state index contributed by atoms with van der Waals surface area (Å²) >= 11 is 0. The number of primary amides is 1. The monoisotopic (exact) mass is 548 g/mol. The fourth-order valence-electron chi connectivity index (χ4n) is 3.61. The Morgan fingerprint density at radius 2 is 1.51 bits per heavy atom. The molecule has 4 amide bonds. The van der Waals surface area contributed by atoms with Crippen LogP contribution < -0.4 is 38.9 Å². The van der Waals surface area contributed by atoms with E-state index in [2.05, 4.69) is 20.9 Å². The molecule has 1 aromatic rings. The summed E-state index contributed by atoms with van der Waals surface area (Å²) in [4.78, 5) is 66.2. The summed E-state index contributed by atoms with van der Waals surface area (Å²) in [5.74, 6) is -4.87. The lowest BCUT2D eigenvalue weighted by Crippen LogP contribution is -2.58. The van der Waals surface area contributed by atoms with Gasteiger partial charge in [-0.1, -0.05) is 50.6 Å². The number of carboxylic acids is 1. The first-order valence-corrected chi connectivity index (χ1v) is 12.6. The highest BCUT2D eigenvalue weighted by Gasteiger charge is 2.32. The predicted octanol–water partition coefficient (Wildman–Crippen LogP) is -1.93. The van der Waals surface area contributed by atoms with E-state index in [-0.39, 0.29) is 31.3 Å². The van der Waals surface area contributed by atoms with Crippen LogP contribution in [0.3, 0.4) is 0 Å². The number of hydrogen-bond donors (Lipinski definition) is 8. The number of amides is 4. The lowest BCUT2D eigenvalue weighted by molar-refractivity contribution is -0.144. The van der Waals surface area contributed by atoms with Gasteiger partial charge in [-0.25, -0.2) is 4.79 Å². The average molecular weight is 549 g/mol. The Morgan fingerprint density at radius 1 is 0.923 bits per heavy atom. The number of carboxylic acid groups (broad SMARTS) is 1. The molecule has 0 saturated heterocycles. The third-order valence-corrected chi connectivity index (χ3v) is 6.04. The summed E-state index contributed by atoms with van der Waals surface area (Å²) in [6.07, 6.45) is 0.541. The van der Waals surface area contributed by atoms with E-state index in [4.69, 9.17) is 22.9 Å². The zero-order chi connectivity index (χ0) is 29.5. The Balaban J connectivity index is 3.07. The Bertz CT molecular complexity index is 1020. The first-order chi connectivity index (χ1) is 18.3. The molecule has 0 heterocycles. The zero-order valence-electron chi connectivity index (χ0n) is 22.3. The van der Waals surface area contributed by atoms with Gasteiger partial charge in [0.2, 0.25) is 23.6 Å². The molecule has 0 aromatic heterocycles. The van der Waals surface area contributed by atoms with Gasteiger partial charge in [0.25, 0.3) is 0 Å². The van der Waals surface area contributed by atoms with Gasteiger partial charge in [-0.05, 0) is 24.3 Å². The number of nitrogens with two attached hydrogens (primary N) is 4. The molecule has 0 aliphatic heterocycles. The van der Waals surface area contributed by atoms with E-state index in [1.54, 1.807) is 44.2 Å². The fourth-order valence-corrected chi connectivity index (χ4v) is 3.61. The molecule has 1 rings (SSSR count). The van der Waals surface area contributed by atoms with Crippen LogP contribution in [-0.4, -0.2) is 71.4 Å². The van der Waals surface area contributed by atoms with Gasteiger partial charge in [-0.2, -0.15) is 0 Å². The smallest absolute Gasteiger partial charge is 0.326 e. The predicted molar refractivity (Wildman–Crippen MR) is 145 cm³/mol. The van der Waals surface area contributed by atoms with Crippen molar-refractivity contribution >= 4 is 35.6 Å². The molecule has 1 aromatic carbocycles. The Hall–Kier alpha value is -4.20. The van der Waals surface area contributed by atoms with Crippen molar-refractivity contribution in [3.05, 3.63) is 35.9 Å². The third-order valence-electron chi connectivity index (χ3n) is 6.04. The second-order valence-electron chi connectivity index (χ2n) is 9.25. The van der Waals surface area contributed by atoms with Crippen LogP contribution in [0.5, 0.6) is 0 Å². The summed E-state index contributed by atoms with van der Waals surface area (Å²) < 4.78 is 0. The van der Waals surface area contributed by atoms with Crippen LogP contribution in [0.2, 0.25) is 0 Å². The highest BCUT2D eigenvalue weighted by molar-refractivity contribution is 5.96. The largest absolute Gasteiger partial charge is 0.480 e. The summed E-state index contributed by atoms with van der Waals surface area (Å²) in [5.41, 5.74) is 22.4. The SMILES string of the molecule is CCC(C)C(NC(=O)C(Cc1ccccc1)NC(=O)C(CC(N)=O)NC(=O)C(N)CCCN=C(N)N)C(=O)O. The highest BCUT2D eigenvalue weighted by Crippen LogP contribution is 2.10. The molecule has 0 radical (unpaired) electrons. The van der Waals surface area contributed by atoms with Gasteiger partial charge in [0.1, 0.15) is 18.1 Å². The molecule has 216 valence electrons. The van der Waals surface area contributed by atoms with Crippen molar-refractivity contribution in [2.24, 2.45) is 33.8 Å². The second-order valence-corrected chi connectivity index (χ2v) is 9.25. The van der Waals surface area contributed by atoms with Gasteiger partial charge in [0.05, 0.1) is 12.5 Å². The quantitative estimate of drug-likeness (QED) is 0.0611. The molecular formula is C25H40N8O6. The number of carbonyl (C=O) groups excluding carboxylic acids is 4. The molecule has 0 saturated carbocycles. The van der Waals surface area contributed by atoms with Crippen LogP contribution in [0.15, 0.2) is 35.3 Å². The number of benzene rings is 1. The van der Waals surface area contributed by atoms with Gasteiger partial charge in [0, 0.05) is 13.0 Å². The molecule has 0 aliphatic carbocycles. The standard InChI is InChI=1S/C25H40N8O6/c1-3-14(2)20(24(38)39)33-23(37)17(12-15-8-5-4-6-9-15)32-22(36)18(13-19(27)34)31-21(35)16(26)10-7-11-30-25(28)29/h4-6,8-9,14,16-18,20H,3,7,10-13,26H2,1-2H3,(H2,27,34)(H,31,35)(H,32,36)(H,33,37)(H,38,39)(H4,28,29,30). The number of rotatable bonds is 17. The van der Waals surface area contributed by atoms with Gasteiger partial charge in [-0.15, -0.1) is 0 Å². The average Bonchev–Trinajstić information content (AvgIpc) is 2.88. The molecular weight excluding hydrogens is 508 g/mol. The minimum Gasteiger partial charge on any atom is -0.480 e. The number of aliphatic carboxylic acids is 1. The second kappa shape index (κ2) is 16.6. The van der Waals surface area contributed by atoms with Crippen LogP contribution in [0.25, 0.3) is 0 Å². The van der Waals surface area contributed by atoms with Crippen molar-refractivity contribution in [2.45, 2.75) is 70.1 Å². The fraction of sp³-hybridized carbons (Fsp3) is 0.520. The van der Waals surface area contributed by atoms with Crippen LogP contribution in [0.4, 0.5) is 0 Å². The number of nitrogens with one attached hydrogen (secondary N) is 3. The van der Waals surface area contributed by atoms with Crippen LogP contribution in [-0.2, 0) is 30.4 Å². The van der Waals surface area contributed by atoms with Gasteiger partial charge in [0.15, 0.2) is 5.96 Å². The van der Waals surface area contributed by atoms with E-state index in [1.807, 2.05) is 0 Å². The van der Waals surface area contributed by atoms with Crippen molar-refractivity contribution < 1.29 is 29.1 Å². The van der Waals surface area contributed by atoms with E-state index in [9.17, 15) is 29.1 Å². The third kappa shape index (κ3) is 12.3. The number of carbonyl (C=O) groups is 5. The molecule has 0 bridgehead atoms. The van der Waals surface area contributed by atoms with Crippen molar-refractivity contribution in [1.82, 2.24) is 16.0 Å². The summed E-state index contributed by atoms with van der Waals surface area (Å²) in [5, 5.41) is 17.0. The zero-order valence-corrected chi connectivity index (χ0v) is 22.3. The van der Waals surface area contributed by atoms with E-state index < -0.39 is 60.2 Å². The van der Waals surface area contributed by atoms with E-state index in [1.165, 1.54) is 0 Å². The normalized spacial score (nSPS) is 14.5. The highest BCUT2D eigenvalue weighted by atomic mass is 16.4. The molecule has 0 aliphatic rings.